The van der Waals surface area contributed by atoms with Crippen LogP contribution in [-0.4, -0.2) is 36.6 Å². The Morgan fingerprint density at radius 2 is 2.00 bits per heavy atom. The highest BCUT2D eigenvalue weighted by atomic mass is 16.5. The Kier molecular flexibility index (Phi) is 5.64. The number of likely N-dealkylation sites (tertiary alicyclic amines) is 1. The van der Waals surface area contributed by atoms with Crippen LogP contribution < -0.4 is 5.32 Å². The standard InChI is InChI=1S/C18H26N2O3/c1-12-6-5-7-14(3)20(11-12)18(22)19-16-10-15(17(21)23-4)9-8-13(16)2/h8-10,12,14H,5-7,11H2,1-4H3,(H,19,22)/t12-,14+/m0/s1. The first-order valence-electron chi connectivity index (χ1n) is 8.19. The van der Waals surface area contributed by atoms with Crippen molar-refractivity contribution >= 4 is 17.7 Å². The van der Waals surface area contributed by atoms with Crippen molar-refractivity contribution in [2.75, 3.05) is 19.0 Å². The number of benzene rings is 1. The number of carbonyl (C=O) groups excluding carboxylic acids is 2. The van der Waals surface area contributed by atoms with Crippen molar-refractivity contribution < 1.29 is 14.3 Å². The van der Waals surface area contributed by atoms with Crippen LogP contribution in [0.3, 0.4) is 0 Å². The summed E-state index contributed by atoms with van der Waals surface area (Å²) >= 11 is 0. The fourth-order valence-electron chi connectivity index (χ4n) is 3.00. The van der Waals surface area contributed by atoms with Crippen LogP contribution in [0.1, 0.15) is 49.0 Å². The predicted octanol–water partition coefficient (Wildman–Crippen LogP) is 3.82. The van der Waals surface area contributed by atoms with Crippen LogP contribution in [0.25, 0.3) is 0 Å². The number of rotatable bonds is 2. The molecule has 2 atom stereocenters. The lowest BCUT2D eigenvalue weighted by Gasteiger charge is -2.29. The zero-order valence-electron chi connectivity index (χ0n) is 14.4. The summed E-state index contributed by atoms with van der Waals surface area (Å²) < 4.78 is 4.74. The van der Waals surface area contributed by atoms with Gasteiger partial charge in [0.2, 0.25) is 0 Å². The first kappa shape index (κ1) is 17.3. The minimum absolute atomic E-state index is 0.101. The SMILES string of the molecule is COC(=O)c1ccc(C)c(NC(=O)N2C[C@@H](C)CCC[C@H]2C)c1. The Labute approximate surface area is 138 Å². The zero-order valence-corrected chi connectivity index (χ0v) is 14.4. The van der Waals surface area contributed by atoms with E-state index in [1.54, 1.807) is 12.1 Å². The largest absolute Gasteiger partial charge is 0.465 e. The van der Waals surface area contributed by atoms with Crippen molar-refractivity contribution in [1.82, 2.24) is 4.90 Å². The van der Waals surface area contributed by atoms with Crippen LogP contribution >= 0.6 is 0 Å². The molecule has 0 aliphatic carbocycles. The second-order valence-corrected chi connectivity index (χ2v) is 6.49. The van der Waals surface area contributed by atoms with E-state index in [0.29, 0.717) is 17.2 Å². The van der Waals surface area contributed by atoms with Gasteiger partial charge in [-0.25, -0.2) is 9.59 Å². The fraction of sp³-hybridized carbons (Fsp3) is 0.556. The Morgan fingerprint density at radius 3 is 2.70 bits per heavy atom. The lowest BCUT2D eigenvalue weighted by atomic mass is 10.1. The minimum Gasteiger partial charge on any atom is -0.465 e. The molecule has 23 heavy (non-hydrogen) atoms. The second-order valence-electron chi connectivity index (χ2n) is 6.49. The fourth-order valence-corrected chi connectivity index (χ4v) is 3.00. The van der Waals surface area contributed by atoms with Crippen molar-refractivity contribution in [1.29, 1.82) is 0 Å². The van der Waals surface area contributed by atoms with Crippen LogP contribution in [0.4, 0.5) is 10.5 Å². The van der Waals surface area contributed by atoms with Crippen molar-refractivity contribution in [2.45, 2.75) is 46.1 Å². The minimum atomic E-state index is -0.405. The van der Waals surface area contributed by atoms with Crippen molar-refractivity contribution in [3.63, 3.8) is 0 Å². The molecule has 2 rings (SSSR count). The van der Waals surface area contributed by atoms with Crippen LogP contribution in [0.5, 0.6) is 0 Å². The molecule has 126 valence electrons. The summed E-state index contributed by atoms with van der Waals surface area (Å²) in [5, 5.41) is 2.96. The molecule has 0 saturated carbocycles. The lowest BCUT2D eigenvalue weighted by Crippen LogP contribution is -2.42. The lowest BCUT2D eigenvalue weighted by molar-refractivity contribution is 0.0600. The smallest absolute Gasteiger partial charge is 0.337 e. The summed E-state index contributed by atoms with van der Waals surface area (Å²) in [6.45, 7) is 6.95. The quantitative estimate of drug-likeness (QED) is 0.843. The molecule has 1 N–H and O–H groups in total. The average Bonchev–Trinajstić information content (AvgIpc) is 2.69. The highest BCUT2D eigenvalue weighted by Crippen LogP contribution is 2.23. The molecule has 1 saturated heterocycles. The van der Waals surface area contributed by atoms with Gasteiger partial charge in [0.25, 0.3) is 0 Å². The first-order chi connectivity index (χ1) is 10.9. The molecular formula is C18H26N2O3. The van der Waals surface area contributed by atoms with E-state index in [1.807, 2.05) is 17.9 Å². The van der Waals surface area contributed by atoms with Crippen LogP contribution in [0.15, 0.2) is 18.2 Å². The van der Waals surface area contributed by atoms with E-state index in [1.165, 1.54) is 7.11 Å². The molecule has 5 heteroatoms. The summed E-state index contributed by atoms with van der Waals surface area (Å²) in [4.78, 5) is 26.2. The number of nitrogens with zero attached hydrogens (tertiary/aromatic N) is 1. The Bertz CT molecular complexity index is 586. The molecule has 2 amide bonds. The Balaban J connectivity index is 2.17. The molecule has 1 heterocycles. The monoisotopic (exact) mass is 318 g/mol. The van der Waals surface area contributed by atoms with Crippen molar-refractivity contribution in [3.05, 3.63) is 29.3 Å². The van der Waals surface area contributed by atoms with E-state index in [9.17, 15) is 9.59 Å². The van der Waals surface area contributed by atoms with Gasteiger partial charge < -0.3 is 15.0 Å². The molecule has 1 aliphatic heterocycles. The van der Waals surface area contributed by atoms with Crippen LogP contribution in [-0.2, 0) is 4.74 Å². The molecule has 1 fully saturated rings. The molecule has 1 aromatic rings. The highest BCUT2D eigenvalue weighted by Gasteiger charge is 2.25. The third kappa shape index (κ3) is 4.24. The maximum atomic E-state index is 12.7. The summed E-state index contributed by atoms with van der Waals surface area (Å²) in [5.74, 6) is 0.102. The number of anilines is 1. The van der Waals surface area contributed by atoms with Gasteiger partial charge >= 0.3 is 12.0 Å². The van der Waals surface area contributed by atoms with Gasteiger partial charge in [-0.15, -0.1) is 0 Å². The zero-order chi connectivity index (χ0) is 17.0. The van der Waals surface area contributed by atoms with Gasteiger partial charge in [-0.05, 0) is 50.3 Å². The number of nitrogens with one attached hydrogen (secondary N) is 1. The van der Waals surface area contributed by atoms with Gasteiger partial charge in [0.15, 0.2) is 0 Å². The van der Waals surface area contributed by atoms with Crippen LogP contribution in [0.2, 0.25) is 0 Å². The molecule has 0 unspecified atom stereocenters. The number of aryl methyl sites for hydroxylation is 1. The van der Waals surface area contributed by atoms with Crippen molar-refractivity contribution in [3.8, 4) is 0 Å². The molecule has 0 aromatic heterocycles. The third-order valence-electron chi connectivity index (χ3n) is 4.52. The van der Waals surface area contributed by atoms with Gasteiger partial charge in [0, 0.05) is 18.3 Å². The molecule has 1 aliphatic rings. The number of hydrogen-bond donors (Lipinski definition) is 1. The van der Waals surface area contributed by atoms with E-state index in [2.05, 4.69) is 19.2 Å². The first-order valence-corrected chi connectivity index (χ1v) is 8.19. The Hall–Kier alpha value is -2.04. The summed E-state index contributed by atoms with van der Waals surface area (Å²) in [6, 6.07) is 5.31. The molecular weight excluding hydrogens is 292 g/mol. The average molecular weight is 318 g/mol. The number of ether oxygens (including phenoxy) is 1. The summed E-state index contributed by atoms with van der Waals surface area (Å²) in [7, 11) is 1.35. The van der Waals surface area contributed by atoms with Gasteiger partial charge in [-0.1, -0.05) is 19.4 Å². The van der Waals surface area contributed by atoms with Gasteiger partial charge in [0.1, 0.15) is 0 Å². The molecule has 5 nitrogen and oxygen atoms in total. The number of carbonyl (C=O) groups is 2. The predicted molar refractivity (Wildman–Crippen MR) is 90.7 cm³/mol. The maximum absolute atomic E-state index is 12.7. The number of esters is 1. The topological polar surface area (TPSA) is 58.6 Å². The molecule has 1 aromatic carbocycles. The molecule has 0 spiro atoms. The number of urea groups is 1. The normalized spacial score (nSPS) is 21.5. The van der Waals surface area contributed by atoms with E-state index in [-0.39, 0.29) is 12.1 Å². The highest BCUT2D eigenvalue weighted by molar-refractivity contribution is 5.94. The maximum Gasteiger partial charge on any atom is 0.337 e. The van der Waals surface area contributed by atoms with E-state index in [4.69, 9.17) is 4.74 Å². The van der Waals surface area contributed by atoms with E-state index >= 15 is 0 Å². The van der Waals surface area contributed by atoms with Gasteiger partial charge in [-0.3, -0.25) is 0 Å². The molecule has 0 bridgehead atoms. The number of hydrogen-bond acceptors (Lipinski definition) is 3. The number of amides is 2. The number of methoxy groups -OCH3 is 1. The summed E-state index contributed by atoms with van der Waals surface area (Å²) in [6.07, 6.45) is 3.34. The van der Waals surface area contributed by atoms with Gasteiger partial charge in [-0.2, -0.15) is 0 Å². The Morgan fingerprint density at radius 1 is 1.26 bits per heavy atom. The van der Waals surface area contributed by atoms with E-state index in [0.717, 1.165) is 31.4 Å². The molecule has 0 radical (unpaired) electrons. The van der Waals surface area contributed by atoms with Crippen LogP contribution in [0, 0.1) is 12.8 Å². The van der Waals surface area contributed by atoms with E-state index < -0.39 is 5.97 Å². The van der Waals surface area contributed by atoms with Crippen molar-refractivity contribution in [2.24, 2.45) is 5.92 Å². The third-order valence-corrected chi connectivity index (χ3v) is 4.52. The van der Waals surface area contributed by atoms with Gasteiger partial charge in [0.05, 0.1) is 12.7 Å². The summed E-state index contributed by atoms with van der Waals surface area (Å²) in [5.41, 5.74) is 2.01. The second kappa shape index (κ2) is 7.49.